The van der Waals surface area contributed by atoms with Gasteiger partial charge in [0, 0.05) is 6.42 Å². The van der Waals surface area contributed by atoms with Crippen molar-refractivity contribution >= 4 is 10.1 Å². The van der Waals surface area contributed by atoms with E-state index in [9.17, 15) is 21.6 Å². The van der Waals surface area contributed by atoms with Gasteiger partial charge in [-0.3, -0.25) is 4.55 Å². The minimum atomic E-state index is -4.47. The molecular formula is C9H9F3O3S. The Bertz CT molecular complexity index is 465. The molecule has 0 spiro atoms. The maximum absolute atomic E-state index is 12.0. The normalized spacial score (nSPS) is 12.8. The highest BCUT2D eigenvalue weighted by molar-refractivity contribution is 7.85. The highest BCUT2D eigenvalue weighted by atomic mass is 32.2. The monoisotopic (exact) mass is 254 g/mol. The third-order valence-electron chi connectivity index (χ3n) is 1.93. The zero-order chi connectivity index (χ0) is 12.4. The van der Waals surface area contributed by atoms with Crippen LogP contribution in [0, 0.1) is 0 Å². The molecule has 0 saturated heterocycles. The molecule has 0 aliphatic rings. The average molecular weight is 254 g/mol. The van der Waals surface area contributed by atoms with Crippen LogP contribution in [-0.2, 0) is 16.5 Å². The number of hydrogen-bond donors (Lipinski definition) is 1. The molecule has 1 rings (SSSR count). The molecule has 1 aromatic rings. The van der Waals surface area contributed by atoms with Crippen LogP contribution < -0.4 is 0 Å². The van der Waals surface area contributed by atoms with Crippen molar-refractivity contribution in [1.82, 2.24) is 0 Å². The molecule has 3 nitrogen and oxygen atoms in total. The maximum atomic E-state index is 12.0. The lowest BCUT2D eigenvalue weighted by atomic mass is 10.1. The van der Waals surface area contributed by atoms with Gasteiger partial charge in [0.25, 0.3) is 10.1 Å². The Balaban J connectivity index is 2.97. The Morgan fingerprint density at radius 3 is 2.25 bits per heavy atom. The minimum Gasteiger partial charge on any atom is -0.282 e. The number of rotatable bonds is 3. The van der Waals surface area contributed by atoms with E-state index in [1.54, 1.807) is 0 Å². The lowest BCUT2D eigenvalue weighted by Crippen LogP contribution is -2.10. The highest BCUT2D eigenvalue weighted by Gasteiger charge is 2.27. The zero-order valence-electron chi connectivity index (χ0n) is 8.03. The van der Waals surface area contributed by atoms with Crippen LogP contribution in [0.3, 0.4) is 0 Å². The molecule has 16 heavy (non-hydrogen) atoms. The summed E-state index contributed by atoms with van der Waals surface area (Å²) < 4.78 is 66.4. The summed E-state index contributed by atoms with van der Waals surface area (Å²) in [6, 6.07) is 5.07. The van der Waals surface area contributed by atoms with E-state index in [1.165, 1.54) is 18.2 Å². The summed E-state index contributed by atoms with van der Waals surface area (Å²) in [6.07, 6.45) is -5.95. The van der Waals surface area contributed by atoms with Crippen molar-refractivity contribution in [3.05, 3.63) is 29.8 Å². The van der Waals surface area contributed by atoms with E-state index in [2.05, 4.69) is 0 Å². The fraction of sp³-hybridized carbons (Fsp3) is 0.333. The van der Waals surface area contributed by atoms with Gasteiger partial charge in [-0.05, 0) is 18.1 Å². The molecule has 0 atom stereocenters. The molecular weight excluding hydrogens is 245 g/mol. The summed E-state index contributed by atoms with van der Waals surface area (Å²) in [5.41, 5.74) is -0.0395. The molecule has 0 unspecified atom stereocenters. The van der Waals surface area contributed by atoms with E-state index >= 15 is 0 Å². The Kier molecular flexibility index (Phi) is 3.59. The van der Waals surface area contributed by atoms with Crippen molar-refractivity contribution in [3.63, 3.8) is 0 Å². The SMILES string of the molecule is O=S(=O)(O)c1ccccc1CCC(F)(F)F. The second-order valence-electron chi connectivity index (χ2n) is 3.20. The van der Waals surface area contributed by atoms with Gasteiger partial charge < -0.3 is 0 Å². The topological polar surface area (TPSA) is 54.4 Å². The first-order valence-corrected chi connectivity index (χ1v) is 5.76. The summed E-state index contributed by atoms with van der Waals surface area (Å²) in [5, 5.41) is 0. The summed E-state index contributed by atoms with van der Waals surface area (Å²) in [7, 11) is -4.47. The van der Waals surface area contributed by atoms with Crippen LogP contribution in [0.1, 0.15) is 12.0 Å². The highest BCUT2D eigenvalue weighted by Crippen LogP contribution is 2.24. The second kappa shape index (κ2) is 4.42. The molecule has 0 fully saturated rings. The number of benzene rings is 1. The van der Waals surface area contributed by atoms with E-state index in [-0.39, 0.29) is 5.56 Å². The Morgan fingerprint density at radius 1 is 1.19 bits per heavy atom. The van der Waals surface area contributed by atoms with Crippen molar-refractivity contribution < 1.29 is 26.1 Å². The molecule has 0 aromatic heterocycles. The van der Waals surface area contributed by atoms with Gasteiger partial charge in [0.2, 0.25) is 0 Å². The van der Waals surface area contributed by atoms with Crippen LogP contribution in [0.4, 0.5) is 13.2 Å². The van der Waals surface area contributed by atoms with Crippen LogP contribution in [0.25, 0.3) is 0 Å². The third kappa shape index (κ3) is 3.82. The summed E-state index contributed by atoms with van der Waals surface area (Å²) in [4.78, 5) is -0.473. The summed E-state index contributed by atoms with van der Waals surface area (Å²) >= 11 is 0. The fourth-order valence-electron chi connectivity index (χ4n) is 1.24. The van der Waals surface area contributed by atoms with Gasteiger partial charge in [0.05, 0.1) is 4.90 Å². The Labute approximate surface area is 90.7 Å². The molecule has 90 valence electrons. The van der Waals surface area contributed by atoms with Crippen LogP contribution in [0.15, 0.2) is 29.2 Å². The lowest BCUT2D eigenvalue weighted by Gasteiger charge is -2.08. The molecule has 1 N–H and O–H groups in total. The fourth-order valence-corrected chi connectivity index (χ4v) is 1.99. The molecule has 0 bridgehead atoms. The molecule has 0 saturated carbocycles. The predicted molar refractivity (Wildman–Crippen MR) is 50.6 cm³/mol. The van der Waals surface area contributed by atoms with Crippen molar-refractivity contribution in [2.45, 2.75) is 23.9 Å². The summed E-state index contributed by atoms with van der Waals surface area (Å²) in [5.74, 6) is 0. The number of halogens is 3. The zero-order valence-corrected chi connectivity index (χ0v) is 8.85. The quantitative estimate of drug-likeness (QED) is 0.843. The van der Waals surface area contributed by atoms with E-state index in [4.69, 9.17) is 4.55 Å². The average Bonchev–Trinajstić information content (AvgIpc) is 2.12. The number of alkyl halides is 3. The first-order valence-electron chi connectivity index (χ1n) is 4.32. The van der Waals surface area contributed by atoms with Gasteiger partial charge in [-0.2, -0.15) is 21.6 Å². The van der Waals surface area contributed by atoms with E-state index in [1.807, 2.05) is 0 Å². The van der Waals surface area contributed by atoms with Gasteiger partial charge in [0.15, 0.2) is 0 Å². The van der Waals surface area contributed by atoms with Crippen LogP contribution >= 0.6 is 0 Å². The van der Waals surface area contributed by atoms with Gasteiger partial charge in [-0.1, -0.05) is 18.2 Å². The molecule has 0 aliphatic carbocycles. The standard InChI is InChI=1S/C9H9F3O3S/c10-9(11,12)6-5-7-3-1-2-4-8(7)16(13,14)15/h1-4H,5-6H2,(H,13,14,15). The number of aryl methyl sites for hydroxylation is 1. The van der Waals surface area contributed by atoms with Crippen molar-refractivity contribution in [2.75, 3.05) is 0 Å². The van der Waals surface area contributed by atoms with Gasteiger partial charge in [-0.25, -0.2) is 0 Å². The second-order valence-corrected chi connectivity index (χ2v) is 4.59. The molecule has 0 aliphatic heterocycles. The van der Waals surface area contributed by atoms with Crippen molar-refractivity contribution in [1.29, 1.82) is 0 Å². The first-order chi connectivity index (χ1) is 7.20. The maximum Gasteiger partial charge on any atom is 0.389 e. The largest absolute Gasteiger partial charge is 0.389 e. The van der Waals surface area contributed by atoms with Crippen LogP contribution in [-0.4, -0.2) is 19.1 Å². The van der Waals surface area contributed by atoms with Crippen molar-refractivity contribution in [3.8, 4) is 0 Å². The van der Waals surface area contributed by atoms with Gasteiger partial charge in [-0.15, -0.1) is 0 Å². The van der Waals surface area contributed by atoms with E-state index in [0.717, 1.165) is 6.07 Å². The smallest absolute Gasteiger partial charge is 0.282 e. The third-order valence-corrected chi connectivity index (χ3v) is 2.88. The lowest BCUT2D eigenvalue weighted by molar-refractivity contribution is -0.134. The van der Waals surface area contributed by atoms with E-state index < -0.39 is 34.0 Å². The molecule has 0 heterocycles. The van der Waals surface area contributed by atoms with Crippen LogP contribution in [0.5, 0.6) is 0 Å². The van der Waals surface area contributed by atoms with Crippen molar-refractivity contribution in [2.24, 2.45) is 0 Å². The number of hydrogen-bond acceptors (Lipinski definition) is 2. The summed E-state index contributed by atoms with van der Waals surface area (Å²) in [6.45, 7) is 0. The predicted octanol–water partition coefficient (Wildman–Crippen LogP) is 2.43. The first kappa shape index (κ1) is 13.0. The molecule has 1 aromatic carbocycles. The Morgan fingerprint density at radius 2 is 1.75 bits per heavy atom. The van der Waals surface area contributed by atoms with Gasteiger partial charge >= 0.3 is 6.18 Å². The molecule has 0 amide bonds. The van der Waals surface area contributed by atoms with E-state index in [0.29, 0.717) is 0 Å². The molecule has 7 heteroatoms. The van der Waals surface area contributed by atoms with Crippen LogP contribution in [0.2, 0.25) is 0 Å². The van der Waals surface area contributed by atoms with Gasteiger partial charge in [0.1, 0.15) is 0 Å². The molecule has 0 radical (unpaired) electrons. The minimum absolute atomic E-state index is 0.0395. The Hall–Kier alpha value is -1.08.